The zero-order chi connectivity index (χ0) is 16.5. The molecule has 0 saturated carbocycles. The number of hydrogen-bond donors (Lipinski definition) is 2. The van der Waals surface area contributed by atoms with Gasteiger partial charge in [-0.2, -0.15) is 0 Å². The molecule has 2 heterocycles. The van der Waals surface area contributed by atoms with Crippen LogP contribution in [0.15, 0.2) is 47.4 Å². The highest BCUT2D eigenvalue weighted by atomic mass is 35.5. The van der Waals surface area contributed by atoms with Crippen molar-refractivity contribution in [2.75, 3.05) is 13.1 Å². The van der Waals surface area contributed by atoms with E-state index in [2.05, 4.69) is 34.6 Å². The number of aromatic nitrogens is 1. The van der Waals surface area contributed by atoms with Crippen molar-refractivity contribution in [3.05, 3.63) is 52.5 Å². The zero-order valence-electron chi connectivity index (χ0n) is 13.1. The molecule has 4 rings (SSSR count). The maximum atomic E-state index is 6.26. The van der Waals surface area contributed by atoms with Crippen molar-refractivity contribution < 1.29 is 0 Å². The molecule has 0 amide bonds. The Balaban J connectivity index is 1.81. The van der Waals surface area contributed by atoms with Gasteiger partial charge in [-0.05, 0) is 61.8 Å². The Labute approximate surface area is 155 Å². The SMILES string of the molecule is Clc1ccc(-c2[nH]c3ccc(Cl)cc3c2SC2CCNCC2)cc1. The van der Waals surface area contributed by atoms with E-state index >= 15 is 0 Å². The van der Waals surface area contributed by atoms with E-state index in [1.54, 1.807) is 0 Å². The van der Waals surface area contributed by atoms with Gasteiger partial charge in [0.05, 0.1) is 5.69 Å². The summed E-state index contributed by atoms with van der Waals surface area (Å²) in [5.74, 6) is 0. The van der Waals surface area contributed by atoms with Gasteiger partial charge in [0, 0.05) is 31.1 Å². The second-order valence-corrected chi connectivity index (χ2v) is 8.28. The minimum Gasteiger partial charge on any atom is -0.354 e. The maximum absolute atomic E-state index is 6.26. The van der Waals surface area contributed by atoms with Crippen LogP contribution in [0.4, 0.5) is 0 Å². The number of halogens is 2. The summed E-state index contributed by atoms with van der Waals surface area (Å²) >= 11 is 14.3. The van der Waals surface area contributed by atoms with Crippen LogP contribution in [0.1, 0.15) is 12.8 Å². The summed E-state index contributed by atoms with van der Waals surface area (Å²) in [6.45, 7) is 2.19. The third-order valence-corrected chi connectivity index (χ3v) is 6.37. The van der Waals surface area contributed by atoms with Gasteiger partial charge in [0.25, 0.3) is 0 Å². The second-order valence-electron chi connectivity index (χ2n) is 6.09. The standard InChI is InChI=1S/C19H18Cl2N2S/c20-13-3-1-12(2-4-13)18-19(24-15-7-9-22-10-8-15)16-11-14(21)5-6-17(16)23-18/h1-6,11,15,22-23H,7-10H2. The molecule has 2 aromatic carbocycles. The number of H-pyrrole nitrogens is 1. The van der Waals surface area contributed by atoms with Crippen molar-refractivity contribution >= 4 is 45.9 Å². The number of nitrogens with one attached hydrogen (secondary N) is 2. The number of rotatable bonds is 3. The van der Waals surface area contributed by atoms with E-state index < -0.39 is 0 Å². The number of fused-ring (bicyclic) bond motifs is 1. The van der Waals surface area contributed by atoms with Gasteiger partial charge in [-0.3, -0.25) is 0 Å². The lowest BCUT2D eigenvalue weighted by molar-refractivity contribution is 0.531. The Bertz CT molecular complexity index is 852. The first-order valence-electron chi connectivity index (χ1n) is 8.15. The Morgan fingerprint density at radius 3 is 2.38 bits per heavy atom. The molecule has 3 aromatic rings. The second kappa shape index (κ2) is 7.01. The summed E-state index contributed by atoms with van der Waals surface area (Å²) in [4.78, 5) is 4.87. The molecule has 24 heavy (non-hydrogen) atoms. The number of benzene rings is 2. The van der Waals surface area contributed by atoms with Gasteiger partial charge in [-0.1, -0.05) is 35.3 Å². The highest BCUT2D eigenvalue weighted by Crippen LogP contribution is 2.42. The largest absolute Gasteiger partial charge is 0.354 e. The molecule has 2 N–H and O–H groups in total. The van der Waals surface area contributed by atoms with Gasteiger partial charge in [-0.25, -0.2) is 0 Å². The molecule has 1 aliphatic heterocycles. The number of aromatic amines is 1. The normalized spacial score (nSPS) is 15.9. The van der Waals surface area contributed by atoms with Crippen LogP contribution in [0.2, 0.25) is 10.0 Å². The van der Waals surface area contributed by atoms with Crippen molar-refractivity contribution in [1.82, 2.24) is 10.3 Å². The minimum atomic E-state index is 0.635. The fourth-order valence-corrected chi connectivity index (χ4v) is 4.85. The molecule has 2 nitrogen and oxygen atoms in total. The average molecular weight is 377 g/mol. The van der Waals surface area contributed by atoms with Crippen LogP contribution in [0, 0.1) is 0 Å². The smallest absolute Gasteiger partial charge is 0.0603 e. The van der Waals surface area contributed by atoms with Gasteiger partial charge in [0.1, 0.15) is 0 Å². The van der Waals surface area contributed by atoms with E-state index in [9.17, 15) is 0 Å². The Hall–Kier alpha value is -1.13. The van der Waals surface area contributed by atoms with Gasteiger partial charge in [0.2, 0.25) is 0 Å². The lowest BCUT2D eigenvalue weighted by atomic mass is 10.1. The fourth-order valence-electron chi connectivity index (χ4n) is 3.16. The first-order valence-corrected chi connectivity index (χ1v) is 9.79. The Kier molecular flexibility index (Phi) is 4.77. The first-order chi connectivity index (χ1) is 11.7. The molecule has 124 valence electrons. The number of hydrogen-bond acceptors (Lipinski definition) is 2. The Morgan fingerprint density at radius 1 is 0.917 bits per heavy atom. The minimum absolute atomic E-state index is 0.635. The predicted molar refractivity (Wildman–Crippen MR) is 106 cm³/mol. The van der Waals surface area contributed by atoms with Crippen LogP contribution in [-0.4, -0.2) is 23.3 Å². The van der Waals surface area contributed by atoms with Crippen LogP contribution in [0.3, 0.4) is 0 Å². The molecule has 0 bridgehead atoms. The molecule has 0 unspecified atom stereocenters. The maximum Gasteiger partial charge on any atom is 0.0603 e. The fraction of sp³-hybridized carbons (Fsp3) is 0.263. The van der Waals surface area contributed by atoms with Gasteiger partial charge < -0.3 is 10.3 Å². The molecular formula is C19H18Cl2N2S. The highest BCUT2D eigenvalue weighted by molar-refractivity contribution is 8.00. The third-order valence-electron chi connectivity index (χ3n) is 4.42. The van der Waals surface area contributed by atoms with Crippen molar-refractivity contribution in [3.63, 3.8) is 0 Å². The quantitative estimate of drug-likeness (QED) is 0.587. The lowest BCUT2D eigenvalue weighted by Gasteiger charge is -2.22. The van der Waals surface area contributed by atoms with Crippen LogP contribution < -0.4 is 5.32 Å². The molecule has 1 saturated heterocycles. The van der Waals surface area contributed by atoms with Crippen molar-refractivity contribution in [2.24, 2.45) is 0 Å². The zero-order valence-corrected chi connectivity index (χ0v) is 15.4. The van der Waals surface area contributed by atoms with Gasteiger partial charge in [0.15, 0.2) is 0 Å². The highest BCUT2D eigenvalue weighted by Gasteiger charge is 2.20. The van der Waals surface area contributed by atoms with E-state index in [0.29, 0.717) is 5.25 Å². The summed E-state index contributed by atoms with van der Waals surface area (Å²) in [7, 11) is 0. The lowest BCUT2D eigenvalue weighted by Crippen LogP contribution is -2.29. The molecule has 0 spiro atoms. The van der Waals surface area contributed by atoms with Gasteiger partial charge in [-0.15, -0.1) is 11.8 Å². The molecule has 0 aliphatic carbocycles. The summed E-state index contributed by atoms with van der Waals surface area (Å²) < 4.78 is 0. The van der Waals surface area contributed by atoms with Gasteiger partial charge >= 0.3 is 0 Å². The van der Waals surface area contributed by atoms with E-state index in [0.717, 1.165) is 39.9 Å². The molecule has 0 radical (unpaired) electrons. The number of thioether (sulfide) groups is 1. The summed E-state index contributed by atoms with van der Waals surface area (Å²) in [6, 6.07) is 14.1. The van der Waals surface area contributed by atoms with E-state index in [4.69, 9.17) is 23.2 Å². The Morgan fingerprint density at radius 2 is 1.62 bits per heavy atom. The van der Waals surface area contributed by atoms with Crippen LogP contribution >= 0.6 is 35.0 Å². The van der Waals surface area contributed by atoms with Crippen molar-refractivity contribution in [2.45, 2.75) is 23.0 Å². The van der Waals surface area contributed by atoms with Crippen molar-refractivity contribution in [3.8, 4) is 11.3 Å². The molecule has 1 aromatic heterocycles. The monoisotopic (exact) mass is 376 g/mol. The molecular weight excluding hydrogens is 359 g/mol. The summed E-state index contributed by atoms with van der Waals surface area (Å²) in [5, 5.41) is 6.80. The van der Waals surface area contributed by atoms with Crippen molar-refractivity contribution in [1.29, 1.82) is 0 Å². The summed E-state index contributed by atoms with van der Waals surface area (Å²) in [5.41, 5.74) is 3.44. The average Bonchev–Trinajstić information content (AvgIpc) is 2.94. The molecule has 5 heteroatoms. The van der Waals surface area contributed by atoms with E-state index in [1.807, 2.05) is 30.0 Å². The van der Waals surface area contributed by atoms with E-state index in [1.165, 1.54) is 23.1 Å². The molecule has 1 aliphatic rings. The van der Waals surface area contributed by atoms with Crippen LogP contribution in [-0.2, 0) is 0 Å². The van der Waals surface area contributed by atoms with Crippen LogP contribution in [0.5, 0.6) is 0 Å². The number of piperidine rings is 1. The summed E-state index contributed by atoms with van der Waals surface area (Å²) in [6.07, 6.45) is 2.38. The predicted octanol–water partition coefficient (Wildman–Crippen LogP) is 5.99. The first kappa shape index (κ1) is 16.3. The molecule has 1 fully saturated rings. The van der Waals surface area contributed by atoms with Crippen LogP contribution in [0.25, 0.3) is 22.2 Å². The molecule has 0 atom stereocenters. The topological polar surface area (TPSA) is 27.8 Å². The third kappa shape index (κ3) is 3.31. The van der Waals surface area contributed by atoms with E-state index in [-0.39, 0.29) is 0 Å².